The number of nitrogens with zero attached hydrogens (tertiary/aromatic N) is 2. The van der Waals surface area contributed by atoms with Crippen molar-refractivity contribution in [1.82, 2.24) is 5.32 Å². The summed E-state index contributed by atoms with van der Waals surface area (Å²) >= 11 is 0. The summed E-state index contributed by atoms with van der Waals surface area (Å²) in [7, 11) is 0. The average molecular weight is 205 g/mol. The highest BCUT2D eigenvalue weighted by molar-refractivity contribution is 5.02. The van der Waals surface area contributed by atoms with E-state index in [0.717, 1.165) is 0 Å². The van der Waals surface area contributed by atoms with E-state index in [-0.39, 0.29) is 0 Å². The summed E-state index contributed by atoms with van der Waals surface area (Å²) in [5, 5.41) is 21.1. The Balaban J connectivity index is 2.34. The molecule has 1 aliphatic carbocycles. The predicted octanol–water partition coefficient (Wildman–Crippen LogP) is 2.35. The van der Waals surface area contributed by atoms with Crippen molar-refractivity contribution in [3.05, 3.63) is 0 Å². The second kappa shape index (κ2) is 5.73. The van der Waals surface area contributed by atoms with Gasteiger partial charge in [0.15, 0.2) is 0 Å². The minimum atomic E-state index is -0.522. The van der Waals surface area contributed by atoms with Crippen LogP contribution in [-0.4, -0.2) is 12.6 Å². The first-order chi connectivity index (χ1) is 7.20. The van der Waals surface area contributed by atoms with E-state index < -0.39 is 5.41 Å². The van der Waals surface area contributed by atoms with Gasteiger partial charge in [-0.25, -0.2) is 0 Å². The zero-order chi connectivity index (χ0) is 11.1. The molecule has 0 radical (unpaired) electrons. The van der Waals surface area contributed by atoms with E-state index in [1.807, 2.05) is 6.92 Å². The van der Waals surface area contributed by atoms with Gasteiger partial charge < -0.3 is 5.32 Å². The van der Waals surface area contributed by atoms with Crippen LogP contribution in [0, 0.1) is 28.1 Å². The summed E-state index contributed by atoms with van der Waals surface area (Å²) in [6.07, 6.45) is 6.66. The van der Waals surface area contributed by atoms with E-state index in [1.54, 1.807) is 0 Å². The zero-order valence-electron chi connectivity index (χ0n) is 9.42. The Hall–Kier alpha value is -1.06. The topological polar surface area (TPSA) is 59.6 Å². The van der Waals surface area contributed by atoms with E-state index in [2.05, 4.69) is 17.5 Å². The zero-order valence-corrected chi connectivity index (χ0v) is 9.42. The third kappa shape index (κ3) is 3.90. The SMILES string of the molecule is CC(C#N)(CC#N)CNC1CCCCC1. The third-order valence-corrected chi connectivity index (χ3v) is 3.13. The van der Waals surface area contributed by atoms with Crippen LogP contribution in [0.2, 0.25) is 0 Å². The van der Waals surface area contributed by atoms with Gasteiger partial charge in [0.25, 0.3) is 0 Å². The first-order valence-corrected chi connectivity index (χ1v) is 5.72. The van der Waals surface area contributed by atoms with Crippen LogP contribution in [0.1, 0.15) is 45.4 Å². The fourth-order valence-corrected chi connectivity index (χ4v) is 1.99. The van der Waals surface area contributed by atoms with Crippen molar-refractivity contribution < 1.29 is 0 Å². The Morgan fingerprint density at radius 2 is 1.93 bits per heavy atom. The summed E-state index contributed by atoms with van der Waals surface area (Å²) in [6.45, 7) is 2.49. The molecule has 1 rings (SSSR count). The third-order valence-electron chi connectivity index (χ3n) is 3.13. The standard InChI is InChI=1S/C12H19N3/c1-12(9-14,7-8-13)10-15-11-5-3-2-4-6-11/h11,15H,2-7,10H2,1H3. The van der Waals surface area contributed by atoms with Gasteiger partial charge >= 0.3 is 0 Å². The lowest BCUT2D eigenvalue weighted by Gasteiger charge is -2.27. The second-order valence-electron chi connectivity index (χ2n) is 4.72. The van der Waals surface area contributed by atoms with Gasteiger partial charge in [-0.3, -0.25) is 0 Å². The highest BCUT2D eigenvalue weighted by Gasteiger charge is 2.25. The van der Waals surface area contributed by atoms with Crippen LogP contribution in [0.3, 0.4) is 0 Å². The van der Waals surface area contributed by atoms with Gasteiger partial charge in [0, 0.05) is 12.6 Å². The molecule has 1 saturated carbocycles. The monoisotopic (exact) mass is 205 g/mol. The van der Waals surface area contributed by atoms with E-state index in [4.69, 9.17) is 10.5 Å². The van der Waals surface area contributed by atoms with Crippen molar-refractivity contribution in [1.29, 1.82) is 10.5 Å². The molecule has 0 aliphatic heterocycles. The molecule has 0 saturated heterocycles. The van der Waals surface area contributed by atoms with Crippen LogP contribution in [0.5, 0.6) is 0 Å². The Morgan fingerprint density at radius 1 is 1.27 bits per heavy atom. The second-order valence-corrected chi connectivity index (χ2v) is 4.72. The number of hydrogen-bond donors (Lipinski definition) is 1. The molecule has 0 heterocycles. The summed E-state index contributed by atoms with van der Waals surface area (Å²) in [4.78, 5) is 0. The molecule has 3 nitrogen and oxygen atoms in total. The lowest BCUT2D eigenvalue weighted by Crippen LogP contribution is -2.38. The van der Waals surface area contributed by atoms with Crippen LogP contribution in [0.25, 0.3) is 0 Å². The van der Waals surface area contributed by atoms with E-state index in [1.165, 1.54) is 32.1 Å². The maximum atomic E-state index is 9.00. The van der Waals surface area contributed by atoms with Crippen molar-refractivity contribution in [3.63, 3.8) is 0 Å². The van der Waals surface area contributed by atoms with Gasteiger partial charge in [-0.2, -0.15) is 10.5 Å². The van der Waals surface area contributed by atoms with Gasteiger partial charge in [-0.1, -0.05) is 19.3 Å². The molecule has 1 N–H and O–H groups in total. The predicted molar refractivity (Wildman–Crippen MR) is 58.8 cm³/mol. The minimum absolute atomic E-state index is 0.309. The van der Waals surface area contributed by atoms with Gasteiger partial charge in [0.1, 0.15) is 0 Å². The van der Waals surface area contributed by atoms with E-state index in [9.17, 15) is 0 Å². The van der Waals surface area contributed by atoms with Gasteiger partial charge in [-0.15, -0.1) is 0 Å². The van der Waals surface area contributed by atoms with E-state index >= 15 is 0 Å². The largest absolute Gasteiger partial charge is 0.312 e. The molecule has 82 valence electrons. The molecule has 0 aromatic heterocycles. The van der Waals surface area contributed by atoms with Crippen LogP contribution >= 0.6 is 0 Å². The lowest BCUT2D eigenvalue weighted by molar-refractivity contribution is 0.322. The van der Waals surface area contributed by atoms with Crippen molar-refractivity contribution >= 4 is 0 Å². The van der Waals surface area contributed by atoms with Gasteiger partial charge in [0.05, 0.1) is 24.0 Å². The van der Waals surface area contributed by atoms with Crippen LogP contribution in [0.15, 0.2) is 0 Å². The molecule has 0 aromatic carbocycles. The Kier molecular flexibility index (Phi) is 4.59. The fraction of sp³-hybridized carbons (Fsp3) is 0.833. The molecule has 0 bridgehead atoms. The lowest BCUT2D eigenvalue weighted by atomic mass is 9.88. The first kappa shape index (κ1) is 12.0. The van der Waals surface area contributed by atoms with Crippen LogP contribution in [-0.2, 0) is 0 Å². The maximum Gasteiger partial charge on any atom is 0.0799 e. The normalized spacial score (nSPS) is 21.3. The summed E-state index contributed by atoms with van der Waals surface area (Å²) < 4.78 is 0. The van der Waals surface area contributed by atoms with Crippen molar-refractivity contribution in [3.8, 4) is 12.1 Å². The van der Waals surface area contributed by atoms with Gasteiger partial charge in [-0.05, 0) is 19.8 Å². The average Bonchev–Trinajstić information content (AvgIpc) is 2.28. The molecule has 1 fully saturated rings. The highest BCUT2D eigenvalue weighted by atomic mass is 14.9. The van der Waals surface area contributed by atoms with Crippen LogP contribution in [0.4, 0.5) is 0 Å². The number of nitriles is 2. The van der Waals surface area contributed by atoms with Crippen molar-refractivity contribution in [2.45, 2.75) is 51.5 Å². The Labute approximate surface area is 92.1 Å². The summed E-state index contributed by atoms with van der Waals surface area (Å²) in [6, 6.07) is 4.88. The highest BCUT2D eigenvalue weighted by Crippen LogP contribution is 2.21. The Morgan fingerprint density at radius 3 is 2.47 bits per heavy atom. The number of hydrogen-bond acceptors (Lipinski definition) is 3. The van der Waals surface area contributed by atoms with Crippen LogP contribution < -0.4 is 5.32 Å². The molecule has 1 atom stereocenters. The minimum Gasteiger partial charge on any atom is -0.312 e. The molecule has 0 amide bonds. The smallest absolute Gasteiger partial charge is 0.0799 e. The molecule has 1 unspecified atom stereocenters. The molecule has 0 spiro atoms. The summed E-state index contributed by atoms with van der Waals surface area (Å²) in [5.74, 6) is 0. The quantitative estimate of drug-likeness (QED) is 0.766. The van der Waals surface area contributed by atoms with E-state index in [0.29, 0.717) is 19.0 Å². The maximum absolute atomic E-state index is 9.00. The number of nitrogens with one attached hydrogen (secondary N) is 1. The fourth-order valence-electron chi connectivity index (χ4n) is 1.99. The molecule has 15 heavy (non-hydrogen) atoms. The molecular formula is C12H19N3. The molecule has 0 aromatic rings. The number of rotatable bonds is 4. The molecule has 1 aliphatic rings. The molecular weight excluding hydrogens is 186 g/mol. The van der Waals surface area contributed by atoms with Crippen molar-refractivity contribution in [2.75, 3.05) is 6.54 Å². The first-order valence-electron chi connectivity index (χ1n) is 5.72. The van der Waals surface area contributed by atoms with Crippen molar-refractivity contribution in [2.24, 2.45) is 5.41 Å². The summed E-state index contributed by atoms with van der Waals surface area (Å²) in [5.41, 5.74) is -0.522. The molecule has 3 heteroatoms. The van der Waals surface area contributed by atoms with Gasteiger partial charge in [0.2, 0.25) is 0 Å². The Bertz CT molecular complexity index is 268.